The Morgan fingerprint density at radius 3 is 2.50 bits per heavy atom. The second-order valence-electron chi connectivity index (χ2n) is 4.67. The summed E-state index contributed by atoms with van der Waals surface area (Å²) in [7, 11) is 0. The third-order valence-corrected chi connectivity index (χ3v) is 3.07. The highest BCUT2D eigenvalue weighted by molar-refractivity contribution is 5.15. The average molecular weight is 221 g/mol. The predicted octanol–water partition coefficient (Wildman–Crippen LogP) is 3.29. The van der Waals surface area contributed by atoms with Crippen LogP contribution in [0.4, 0.5) is 4.39 Å². The molecule has 1 saturated carbocycles. The average Bonchev–Trinajstić information content (AvgIpc) is 3.10. The first-order chi connectivity index (χ1) is 7.84. The Balaban J connectivity index is 1.51. The fraction of sp³-hybridized carbons (Fsp3) is 0.571. The quantitative estimate of drug-likeness (QED) is 0.697. The van der Waals surface area contributed by atoms with Gasteiger partial charge in [-0.1, -0.05) is 18.6 Å². The molecule has 2 heteroatoms. The first kappa shape index (κ1) is 11.6. The lowest BCUT2D eigenvalue weighted by Crippen LogP contribution is -2.17. The topological polar surface area (TPSA) is 12.0 Å². The maximum absolute atomic E-state index is 12.6. The highest BCUT2D eigenvalue weighted by Gasteiger charge is 2.19. The molecule has 0 heterocycles. The van der Waals surface area contributed by atoms with Crippen LogP contribution >= 0.6 is 0 Å². The Kier molecular flexibility index (Phi) is 4.34. The van der Waals surface area contributed by atoms with Crippen molar-refractivity contribution in [3.8, 4) is 0 Å². The number of rotatable bonds is 7. The van der Waals surface area contributed by atoms with Crippen molar-refractivity contribution in [2.24, 2.45) is 0 Å². The molecule has 0 unspecified atom stereocenters. The molecule has 16 heavy (non-hydrogen) atoms. The van der Waals surface area contributed by atoms with Crippen LogP contribution < -0.4 is 5.32 Å². The SMILES string of the molecule is Fc1ccc(CCCCCNC2CC2)cc1. The summed E-state index contributed by atoms with van der Waals surface area (Å²) in [5.41, 5.74) is 1.25. The Hall–Kier alpha value is -0.890. The van der Waals surface area contributed by atoms with Gasteiger partial charge in [-0.25, -0.2) is 4.39 Å². The first-order valence-electron chi connectivity index (χ1n) is 6.32. The van der Waals surface area contributed by atoms with Crippen LogP contribution in [0.15, 0.2) is 24.3 Å². The summed E-state index contributed by atoms with van der Waals surface area (Å²) < 4.78 is 12.6. The molecule has 0 aliphatic heterocycles. The minimum atomic E-state index is -0.141. The van der Waals surface area contributed by atoms with Crippen molar-refractivity contribution < 1.29 is 4.39 Å². The zero-order valence-corrected chi connectivity index (χ0v) is 9.71. The molecule has 0 amide bonds. The molecule has 88 valence electrons. The van der Waals surface area contributed by atoms with E-state index in [2.05, 4.69) is 5.32 Å². The molecule has 1 aliphatic carbocycles. The van der Waals surface area contributed by atoms with E-state index in [4.69, 9.17) is 0 Å². The summed E-state index contributed by atoms with van der Waals surface area (Å²) in [6.07, 6.45) is 7.54. The lowest BCUT2D eigenvalue weighted by atomic mass is 10.1. The number of benzene rings is 1. The highest BCUT2D eigenvalue weighted by Crippen LogP contribution is 2.18. The summed E-state index contributed by atoms with van der Waals surface area (Å²) >= 11 is 0. The number of hydrogen-bond acceptors (Lipinski definition) is 1. The second kappa shape index (κ2) is 6.00. The monoisotopic (exact) mass is 221 g/mol. The van der Waals surface area contributed by atoms with Crippen molar-refractivity contribution >= 4 is 0 Å². The fourth-order valence-corrected chi connectivity index (χ4v) is 1.88. The number of halogens is 1. The number of aryl methyl sites for hydroxylation is 1. The molecular formula is C14H20FN. The molecular weight excluding hydrogens is 201 g/mol. The van der Waals surface area contributed by atoms with E-state index in [1.165, 1.54) is 37.7 Å². The zero-order valence-electron chi connectivity index (χ0n) is 9.71. The summed E-state index contributed by atoms with van der Waals surface area (Å²) in [5.74, 6) is -0.141. The van der Waals surface area contributed by atoms with Crippen molar-refractivity contribution in [1.82, 2.24) is 5.32 Å². The van der Waals surface area contributed by atoms with Crippen molar-refractivity contribution in [2.75, 3.05) is 6.54 Å². The summed E-state index contributed by atoms with van der Waals surface area (Å²) in [5, 5.41) is 3.51. The van der Waals surface area contributed by atoms with Crippen LogP contribution in [-0.2, 0) is 6.42 Å². The molecule has 1 aromatic carbocycles. The van der Waals surface area contributed by atoms with E-state index < -0.39 is 0 Å². The Labute approximate surface area is 97.1 Å². The summed E-state index contributed by atoms with van der Waals surface area (Å²) in [6.45, 7) is 1.16. The maximum Gasteiger partial charge on any atom is 0.123 e. The van der Waals surface area contributed by atoms with E-state index in [1.807, 2.05) is 12.1 Å². The van der Waals surface area contributed by atoms with Gasteiger partial charge in [-0.3, -0.25) is 0 Å². The van der Waals surface area contributed by atoms with Crippen molar-refractivity contribution in [3.63, 3.8) is 0 Å². The van der Waals surface area contributed by atoms with Gasteiger partial charge in [0, 0.05) is 6.04 Å². The van der Waals surface area contributed by atoms with Crippen molar-refractivity contribution in [2.45, 2.75) is 44.6 Å². The molecule has 1 fully saturated rings. The second-order valence-corrected chi connectivity index (χ2v) is 4.67. The van der Waals surface area contributed by atoms with Crippen molar-refractivity contribution in [3.05, 3.63) is 35.6 Å². The summed E-state index contributed by atoms with van der Waals surface area (Å²) in [4.78, 5) is 0. The van der Waals surface area contributed by atoms with E-state index in [9.17, 15) is 4.39 Å². The first-order valence-corrected chi connectivity index (χ1v) is 6.32. The van der Waals surface area contributed by atoms with E-state index in [0.717, 1.165) is 19.0 Å². The lowest BCUT2D eigenvalue weighted by Gasteiger charge is -2.03. The molecule has 1 aromatic rings. The van der Waals surface area contributed by atoms with Crippen LogP contribution in [0.2, 0.25) is 0 Å². The minimum Gasteiger partial charge on any atom is -0.314 e. The van der Waals surface area contributed by atoms with Gasteiger partial charge in [0.1, 0.15) is 5.82 Å². The smallest absolute Gasteiger partial charge is 0.123 e. The number of nitrogens with one attached hydrogen (secondary N) is 1. The van der Waals surface area contributed by atoms with E-state index in [1.54, 1.807) is 12.1 Å². The van der Waals surface area contributed by atoms with Gasteiger partial charge in [0.15, 0.2) is 0 Å². The highest BCUT2D eigenvalue weighted by atomic mass is 19.1. The van der Waals surface area contributed by atoms with Gasteiger partial charge in [-0.05, 0) is 56.3 Å². The number of unbranched alkanes of at least 4 members (excludes halogenated alkanes) is 2. The Bertz CT molecular complexity index is 303. The van der Waals surface area contributed by atoms with Gasteiger partial charge in [-0.2, -0.15) is 0 Å². The normalized spacial score (nSPS) is 15.3. The molecule has 0 atom stereocenters. The van der Waals surface area contributed by atoms with Gasteiger partial charge in [0.05, 0.1) is 0 Å². The molecule has 1 nitrogen and oxygen atoms in total. The van der Waals surface area contributed by atoms with Gasteiger partial charge >= 0.3 is 0 Å². The largest absolute Gasteiger partial charge is 0.314 e. The van der Waals surface area contributed by atoms with Crippen LogP contribution in [0.25, 0.3) is 0 Å². The maximum atomic E-state index is 12.6. The Morgan fingerprint density at radius 1 is 1.06 bits per heavy atom. The standard InChI is InChI=1S/C14H20FN/c15-13-7-5-12(6-8-13)4-2-1-3-11-16-14-9-10-14/h5-8,14,16H,1-4,9-11H2. The predicted molar refractivity (Wildman–Crippen MR) is 65.0 cm³/mol. The molecule has 2 rings (SSSR count). The zero-order chi connectivity index (χ0) is 11.2. The molecule has 0 radical (unpaired) electrons. The molecule has 0 spiro atoms. The van der Waals surface area contributed by atoms with Gasteiger partial charge in [0.2, 0.25) is 0 Å². The van der Waals surface area contributed by atoms with Gasteiger partial charge in [0.25, 0.3) is 0 Å². The van der Waals surface area contributed by atoms with Crippen LogP contribution in [0.3, 0.4) is 0 Å². The molecule has 0 aromatic heterocycles. The molecule has 0 saturated heterocycles. The summed E-state index contributed by atoms with van der Waals surface area (Å²) in [6, 6.07) is 7.70. The van der Waals surface area contributed by atoms with Gasteiger partial charge < -0.3 is 5.32 Å². The van der Waals surface area contributed by atoms with E-state index >= 15 is 0 Å². The number of hydrogen-bond donors (Lipinski definition) is 1. The van der Waals surface area contributed by atoms with Crippen LogP contribution in [0, 0.1) is 5.82 Å². The Morgan fingerprint density at radius 2 is 1.81 bits per heavy atom. The molecule has 1 aliphatic rings. The van der Waals surface area contributed by atoms with Gasteiger partial charge in [-0.15, -0.1) is 0 Å². The fourth-order valence-electron chi connectivity index (χ4n) is 1.88. The van der Waals surface area contributed by atoms with Crippen LogP contribution in [0.1, 0.15) is 37.7 Å². The van der Waals surface area contributed by atoms with Crippen LogP contribution in [-0.4, -0.2) is 12.6 Å². The third-order valence-electron chi connectivity index (χ3n) is 3.07. The van der Waals surface area contributed by atoms with E-state index in [-0.39, 0.29) is 5.82 Å². The van der Waals surface area contributed by atoms with E-state index in [0.29, 0.717) is 0 Å². The lowest BCUT2D eigenvalue weighted by molar-refractivity contribution is 0.599. The molecule has 0 bridgehead atoms. The van der Waals surface area contributed by atoms with Crippen molar-refractivity contribution in [1.29, 1.82) is 0 Å². The third kappa shape index (κ3) is 4.31. The molecule has 1 N–H and O–H groups in total. The van der Waals surface area contributed by atoms with Crippen LogP contribution in [0.5, 0.6) is 0 Å². The minimum absolute atomic E-state index is 0.141.